The van der Waals surface area contributed by atoms with Gasteiger partial charge in [-0.2, -0.15) is 0 Å². The number of nitrogens with one attached hydrogen (secondary N) is 3. The van der Waals surface area contributed by atoms with Crippen LogP contribution in [0.2, 0.25) is 0 Å². The predicted molar refractivity (Wildman–Crippen MR) is 128 cm³/mol. The molecule has 3 amide bonds. The molecule has 1 aliphatic heterocycles. The van der Waals surface area contributed by atoms with Crippen molar-refractivity contribution in [2.24, 2.45) is 11.3 Å². The first-order valence-electron chi connectivity index (χ1n) is 11.5. The van der Waals surface area contributed by atoms with Crippen molar-refractivity contribution in [2.45, 2.75) is 32.2 Å². The number of fused-ring (bicyclic) bond motifs is 3. The van der Waals surface area contributed by atoms with Crippen LogP contribution in [0.4, 0.5) is 4.79 Å². The molecular weight excluding hydrogens is 450 g/mol. The molecule has 184 valence electrons. The molecule has 2 unspecified atom stereocenters. The standard InChI is InChI=1S/C26H29N3O6/c1-26(2,11-21(30)29-22-19(24(32)33)12-27-23(22)31)14-28-25(34)35-13-20-17-9-5-3-7-15(17)16-8-4-6-10-18(16)20/h3-10,19-20,22H,11-14H2,1-2H3,(H,27,31)(H,28,34)(H,29,30)(H,32,33). The Balaban J connectivity index is 1.28. The lowest BCUT2D eigenvalue weighted by Gasteiger charge is -2.25. The smallest absolute Gasteiger partial charge is 0.407 e. The van der Waals surface area contributed by atoms with E-state index in [-0.39, 0.29) is 32.0 Å². The number of hydrogen-bond acceptors (Lipinski definition) is 5. The third-order valence-electron chi connectivity index (χ3n) is 6.51. The highest BCUT2D eigenvalue weighted by Gasteiger charge is 2.41. The van der Waals surface area contributed by atoms with Gasteiger partial charge in [-0.1, -0.05) is 62.4 Å². The molecule has 2 atom stereocenters. The quantitative estimate of drug-likeness (QED) is 0.459. The second-order valence-corrected chi connectivity index (χ2v) is 9.76. The molecule has 0 radical (unpaired) electrons. The minimum absolute atomic E-state index is 0.00717. The van der Waals surface area contributed by atoms with Gasteiger partial charge in [0.2, 0.25) is 11.8 Å². The van der Waals surface area contributed by atoms with E-state index >= 15 is 0 Å². The molecule has 1 fully saturated rings. The molecule has 1 heterocycles. The highest BCUT2D eigenvalue weighted by Crippen LogP contribution is 2.44. The zero-order valence-corrected chi connectivity index (χ0v) is 19.7. The van der Waals surface area contributed by atoms with Crippen LogP contribution >= 0.6 is 0 Å². The number of carbonyl (C=O) groups excluding carboxylic acids is 3. The van der Waals surface area contributed by atoms with Gasteiger partial charge in [-0.25, -0.2) is 4.79 Å². The van der Waals surface area contributed by atoms with E-state index in [4.69, 9.17) is 4.74 Å². The molecule has 4 N–H and O–H groups in total. The summed E-state index contributed by atoms with van der Waals surface area (Å²) >= 11 is 0. The van der Waals surface area contributed by atoms with E-state index in [1.54, 1.807) is 13.8 Å². The molecule has 9 nitrogen and oxygen atoms in total. The van der Waals surface area contributed by atoms with Crippen molar-refractivity contribution in [1.29, 1.82) is 0 Å². The van der Waals surface area contributed by atoms with Crippen molar-refractivity contribution in [3.05, 3.63) is 59.7 Å². The Morgan fingerprint density at radius 3 is 2.26 bits per heavy atom. The van der Waals surface area contributed by atoms with E-state index in [9.17, 15) is 24.3 Å². The largest absolute Gasteiger partial charge is 0.481 e. The van der Waals surface area contributed by atoms with Crippen LogP contribution < -0.4 is 16.0 Å². The average Bonchev–Trinajstić information content (AvgIpc) is 3.34. The van der Waals surface area contributed by atoms with E-state index in [0.29, 0.717) is 0 Å². The summed E-state index contributed by atoms with van der Waals surface area (Å²) in [6, 6.07) is 15.0. The topological polar surface area (TPSA) is 134 Å². The van der Waals surface area contributed by atoms with Crippen molar-refractivity contribution >= 4 is 23.9 Å². The van der Waals surface area contributed by atoms with E-state index in [1.165, 1.54) is 0 Å². The fourth-order valence-electron chi connectivity index (χ4n) is 4.70. The van der Waals surface area contributed by atoms with Crippen LogP contribution in [0.1, 0.15) is 37.3 Å². The Bertz CT molecular complexity index is 1120. The maximum Gasteiger partial charge on any atom is 0.407 e. The van der Waals surface area contributed by atoms with Gasteiger partial charge in [0.25, 0.3) is 0 Å². The van der Waals surface area contributed by atoms with Gasteiger partial charge in [0.1, 0.15) is 18.6 Å². The second-order valence-electron chi connectivity index (χ2n) is 9.76. The molecule has 1 aliphatic carbocycles. The van der Waals surface area contributed by atoms with Gasteiger partial charge in [0.15, 0.2) is 0 Å². The Morgan fingerprint density at radius 2 is 1.66 bits per heavy atom. The fourth-order valence-corrected chi connectivity index (χ4v) is 4.70. The first kappa shape index (κ1) is 24.3. The van der Waals surface area contributed by atoms with E-state index in [2.05, 4.69) is 28.1 Å². The summed E-state index contributed by atoms with van der Waals surface area (Å²) in [4.78, 5) is 48.1. The molecule has 1 saturated heterocycles. The maximum atomic E-state index is 12.5. The zero-order chi connectivity index (χ0) is 25.2. The summed E-state index contributed by atoms with van der Waals surface area (Å²) in [7, 11) is 0. The number of carboxylic acids is 1. The molecule has 0 saturated carbocycles. The van der Waals surface area contributed by atoms with Crippen LogP contribution in [0.15, 0.2) is 48.5 Å². The second kappa shape index (κ2) is 9.77. The summed E-state index contributed by atoms with van der Waals surface area (Å²) in [6.07, 6.45) is -0.589. The number of amides is 3. The van der Waals surface area contributed by atoms with Crippen molar-refractivity contribution < 1.29 is 29.0 Å². The number of hydrogen-bond donors (Lipinski definition) is 4. The molecule has 35 heavy (non-hydrogen) atoms. The molecule has 0 aromatic heterocycles. The fraction of sp³-hybridized carbons (Fsp3) is 0.385. The SMILES string of the molecule is CC(C)(CNC(=O)OCC1c2ccccc2-c2ccccc21)CC(=O)NC1C(=O)NCC1C(=O)O. The van der Waals surface area contributed by atoms with Crippen molar-refractivity contribution in [3.8, 4) is 11.1 Å². The molecule has 0 bridgehead atoms. The lowest BCUT2D eigenvalue weighted by Crippen LogP contribution is -2.47. The van der Waals surface area contributed by atoms with Gasteiger partial charge < -0.3 is 25.8 Å². The third kappa shape index (κ3) is 5.29. The summed E-state index contributed by atoms with van der Waals surface area (Å²) in [5, 5.41) is 16.9. The van der Waals surface area contributed by atoms with Gasteiger partial charge in [0, 0.05) is 25.4 Å². The van der Waals surface area contributed by atoms with Gasteiger partial charge >= 0.3 is 12.1 Å². The average molecular weight is 480 g/mol. The van der Waals surface area contributed by atoms with Crippen LogP contribution in [0.25, 0.3) is 11.1 Å². The Labute approximate surface area is 203 Å². The number of carbonyl (C=O) groups is 4. The first-order chi connectivity index (χ1) is 16.7. The van der Waals surface area contributed by atoms with Crippen molar-refractivity contribution in [1.82, 2.24) is 16.0 Å². The van der Waals surface area contributed by atoms with Crippen LogP contribution in [-0.4, -0.2) is 54.7 Å². The minimum Gasteiger partial charge on any atom is -0.481 e. The molecule has 2 aromatic carbocycles. The number of aliphatic carboxylic acids is 1. The molecule has 2 aliphatic rings. The number of ether oxygens (including phenoxy) is 1. The van der Waals surface area contributed by atoms with Crippen LogP contribution in [0, 0.1) is 11.3 Å². The number of benzene rings is 2. The minimum atomic E-state index is -1.15. The van der Waals surface area contributed by atoms with E-state index in [0.717, 1.165) is 22.3 Å². The summed E-state index contributed by atoms with van der Waals surface area (Å²) in [5.41, 5.74) is 3.88. The highest BCUT2D eigenvalue weighted by molar-refractivity contribution is 5.94. The Kier molecular flexibility index (Phi) is 6.77. The molecule has 2 aromatic rings. The molecule has 4 rings (SSSR count). The maximum absolute atomic E-state index is 12.5. The van der Waals surface area contributed by atoms with Crippen LogP contribution in [-0.2, 0) is 19.1 Å². The van der Waals surface area contributed by atoms with Crippen molar-refractivity contribution in [2.75, 3.05) is 19.7 Å². The van der Waals surface area contributed by atoms with Gasteiger partial charge in [-0.05, 0) is 27.7 Å². The lowest BCUT2D eigenvalue weighted by atomic mass is 9.88. The monoisotopic (exact) mass is 479 g/mol. The first-order valence-corrected chi connectivity index (χ1v) is 11.5. The third-order valence-corrected chi connectivity index (χ3v) is 6.51. The van der Waals surface area contributed by atoms with Gasteiger partial charge in [-0.15, -0.1) is 0 Å². The van der Waals surface area contributed by atoms with Gasteiger partial charge in [-0.3, -0.25) is 14.4 Å². The summed E-state index contributed by atoms with van der Waals surface area (Å²) in [5.74, 6) is -3.18. The van der Waals surface area contributed by atoms with Crippen LogP contribution in [0.3, 0.4) is 0 Å². The predicted octanol–water partition coefficient (Wildman–Crippen LogP) is 2.26. The summed E-state index contributed by atoms with van der Waals surface area (Å²) < 4.78 is 5.53. The number of alkyl carbamates (subject to hydrolysis) is 1. The Hall–Kier alpha value is -3.88. The van der Waals surface area contributed by atoms with Crippen molar-refractivity contribution in [3.63, 3.8) is 0 Å². The van der Waals surface area contributed by atoms with Gasteiger partial charge in [0.05, 0.1) is 0 Å². The zero-order valence-electron chi connectivity index (χ0n) is 19.7. The lowest BCUT2D eigenvalue weighted by molar-refractivity contribution is -0.143. The summed E-state index contributed by atoms with van der Waals surface area (Å²) in [6.45, 7) is 3.91. The van der Waals surface area contributed by atoms with Crippen LogP contribution in [0.5, 0.6) is 0 Å². The molecule has 0 spiro atoms. The Morgan fingerprint density at radius 1 is 1.06 bits per heavy atom. The van der Waals surface area contributed by atoms with E-state index in [1.807, 2.05) is 36.4 Å². The van der Waals surface area contributed by atoms with E-state index < -0.39 is 41.3 Å². The normalized spacial score (nSPS) is 18.9. The molecule has 9 heteroatoms. The highest BCUT2D eigenvalue weighted by atomic mass is 16.5. The molecular formula is C26H29N3O6. The number of carboxylic acid groups (broad SMARTS) is 1. The number of rotatable bonds is 8.